The van der Waals surface area contributed by atoms with Gasteiger partial charge in [-0.2, -0.15) is 0 Å². The van der Waals surface area contributed by atoms with Crippen molar-refractivity contribution in [2.24, 2.45) is 0 Å². The fourth-order valence-electron chi connectivity index (χ4n) is 1.82. The highest BCUT2D eigenvalue weighted by atomic mass is 35.5. The molecule has 0 saturated heterocycles. The predicted octanol–water partition coefficient (Wildman–Crippen LogP) is 3.78. The van der Waals surface area contributed by atoms with Gasteiger partial charge in [-0.1, -0.05) is 23.7 Å². The lowest BCUT2D eigenvalue weighted by Gasteiger charge is -2.05. The molecule has 7 heteroatoms. The van der Waals surface area contributed by atoms with Gasteiger partial charge in [-0.05, 0) is 24.3 Å². The summed E-state index contributed by atoms with van der Waals surface area (Å²) in [5.74, 6) is -1.02. The molecule has 0 fully saturated rings. The second-order valence-corrected chi connectivity index (χ2v) is 4.74. The number of hydrogen-bond donors (Lipinski definition) is 1. The van der Waals surface area contributed by atoms with Gasteiger partial charge in [-0.3, -0.25) is 10.1 Å². The molecule has 3 rings (SSSR count). The van der Waals surface area contributed by atoms with Crippen LogP contribution < -0.4 is 5.32 Å². The van der Waals surface area contributed by atoms with Crippen LogP contribution in [0.15, 0.2) is 53.3 Å². The van der Waals surface area contributed by atoms with Gasteiger partial charge in [0, 0.05) is 5.56 Å². The maximum atomic E-state index is 13.5. The standard InChI is InChI=1S/C15H9ClFN3O2/c16-10-5-4-9(8-11(10)17)12-2-1-3-13(19-12)14(21)20-15-18-6-7-22-15/h1-8H,(H,18,20,21). The molecule has 0 bridgehead atoms. The average molecular weight is 318 g/mol. The van der Waals surface area contributed by atoms with Gasteiger partial charge in [0.15, 0.2) is 0 Å². The first kappa shape index (κ1) is 14.2. The van der Waals surface area contributed by atoms with Crippen LogP contribution in [-0.4, -0.2) is 15.9 Å². The van der Waals surface area contributed by atoms with E-state index >= 15 is 0 Å². The van der Waals surface area contributed by atoms with E-state index in [1.54, 1.807) is 18.2 Å². The smallest absolute Gasteiger partial charge is 0.301 e. The largest absolute Gasteiger partial charge is 0.432 e. The number of hydrogen-bond acceptors (Lipinski definition) is 4. The molecular formula is C15H9ClFN3O2. The van der Waals surface area contributed by atoms with E-state index in [0.29, 0.717) is 11.3 Å². The third-order valence-electron chi connectivity index (χ3n) is 2.85. The zero-order valence-electron chi connectivity index (χ0n) is 11.1. The van der Waals surface area contributed by atoms with Crippen LogP contribution in [0.3, 0.4) is 0 Å². The number of carbonyl (C=O) groups excluding carboxylic acids is 1. The minimum absolute atomic E-state index is 0.0292. The van der Waals surface area contributed by atoms with Gasteiger partial charge in [-0.15, -0.1) is 0 Å². The quantitative estimate of drug-likeness (QED) is 0.798. The van der Waals surface area contributed by atoms with Gasteiger partial charge < -0.3 is 4.42 Å². The van der Waals surface area contributed by atoms with Crippen LogP contribution in [0.25, 0.3) is 11.3 Å². The monoisotopic (exact) mass is 317 g/mol. The van der Waals surface area contributed by atoms with Crippen LogP contribution in [0.1, 0.15) is 10.5 Å². The molecule has 2 heterocycles. The number of nitrogens with zero attached hydrogens (tertiary/aromatic N) is 2. The molecule has 0 atom stereocenters. The molecule has 1 amide bonds. The minimum Gasteiger partial charge on any atom is -0.432 e. The third-order valence-corrected chi connectivity index (χ3v) is 3.16. The molecule has 0 saturated carbocycles. The Morgan fingerprint density at radius 1 is 1.27 bits per heavy atom. The third kappa shape index (κ3) is 2.96. The summed E-state index contributed by atoms with van der Waals surface area (Å²) in [7, 11) is 0. The van der Waals surface area contributed by atoms with Gasteiger partial charge in [0.25, 0.3) is 5.91 Å². The number of carbonyl (C=O) groups is 1. The van der Waals surface area contributed by atoms with Crippen molar-refractivity contribution in [1.29, 1.82) is 0 Å². The molecule has 5 nitrogen and oxygen atoms in total. The summed E-state index contributed by atoms with van der Waals surface area (Å²) >= 11 is 5.65. The second kappa shape index (κ2) is 5.95. The van der Waals surface area contributed by atoms with E-state index in [1.165, 1.54) is 30.7 Å². The Kier molecular flexibility index (Phi) is 3.84. The average Bonchev–Trinajstić information content (AvgIpc) is 3.03. The van der Waals surface area contributed by atoms with Crippen molar-refractivity contribution >= 4 is 23.5 Å². The molecule has 110 valence electrons. The Morgan fingerprint density at radius 2 is 2.14 bits per heavy atom. The first-order chi connectivity index (χ1) is 10.6. The molecule has 0 aliphatic rings. The van der Waals surface area contributed by atoms with Crippen LogP contribution in [0.5, 0.6) is 0 Å². The molecular weight excluding hydrogens is 309 g/mol. The molecule has 3 aromatic rings. The Hall–Kier alpha value is -2.73. The van der Waals surface area contributed by atoms with Crippen molar-refractivity contribution in [3.8, 4) is 11.3 Å². The molecule has 1 N–H and O–H groups in total. The van der Waals surface area contributed by atoms with Crippen molar-refractivity contribution < 1.29 is 13.6 Å². The number of rotatable bonds is 3. The highest BCUT2D eigenvalue weighted by Gasteiger charge is 2.12. The zero-order valence-corrected chi connectivity index (χ0v) is 11.8. The number of oxazole rings is 1. The molecule has 0 aliphatic carbocycles. The Labute approximate surface area is 129 Å². The van der Waals surface area contributed by atoms with Gasteiger partial charge in [0.2, 0.25) is 0 Å². The summed E-state index contributed by atoms with van der Waals surface area (Å²) in [6, 6.07) is 9.27. The highest BCUT2D eigenvalue weighted by Crippen LogP contribution is 2.23. The number of anilines is 1. The molecule has 2 aromatic heterocycles. The second-order valence-electron chi connectivity index (χ2n) is 4.33. The van der Waals surface area contributed by atoms with E-state index in [1.807, 2.05) is 0 Å². The van der Waals surface area contributed by atoms with Crippen molar-refractivity contribution in [2.45, 2.75) is 0 Å². The molecule has 0 spiro atoms. The maximum absolute atomic E-state index is 13.5. The maximum Gasteiger partial charge on any atom is 0.301 e. The lowest BCUT2D eigenvalue weighted by molar-refractivity contribution is 0.101. The Balaban J connectivity index is 1.88. The summed E-state index contributed by atoms with van der Waals surface area (Å²) in [6.45, 7) is 0. The number of pyridine rings is 1. The minimum atomic E-state index is -0.546. The van der Waals surface area contributed by atoms with Crippen LogP contribution in [0, 0.1) is 5.82 Å². The number of amides is 1. The molecule has 0 unspecified atom stereocenters. The molecule has 22 heavy (non-hydrogen) atoms. The van der Waals surface area contributed by atoms with Crippen molar-refractivity contribution in [2.75, 3.05) is 5.32 Å². The fraction of sp³-hybridized carbons (Fsp3) is 0. The van der Waals surface area contributed by atoms with Crippen LogP contribution in [0.4, 0.5) is 10.4 Å². The summed E-state index contributed by atoms with van der Waals surface area (Å²) in [6.07, 6.45) is 2.76. The number of halogens is 2. The lowest BCUT2D eigenvalue weighted by atomic mass is 10.1. The predicted molar refractivity (Wildman–Crippen MR) is 79.1 cm³/mol. The molecule has 0 radical (unpaired) electrons. The van der Waals surface area contributed by atoms with Crippen LogP contribution in [-0.2, 0) is 0 Å². The van der Waals surface area contributed by atoms with E-state index < -0.39 is 11.7 Å². The topological polar surface area (TPSA) is 68.0 Å². The van der Waals surface area contributed by atoms with Crippen molar-refractivity contribution in [3.63, 3.8) is 0 Å². The number of benzene rings is 1. The van der Waals surface area contributed by atoms with Crippen molar-refractivity contribution in [1.82, 2.24) is 9.97 Å². The Morgan fingerprint density at radius 3 is 2.86 bits per heavy atom. The van der Waals surface area contributed by atoms with E-state index in [-0.39, 0.29) is 16.7 Å². The van der Waals surface area contributed by atoms with E-state index in [2.05, 4.69) is 15.3 Å². The number of aromatic nitrogens is 2. The van der Waals surface area contributed by atoms with Gasteiger partial charge in [0.1, 0.15) is 17.8 Å². The molecule has 0 aliphatic heterocycles. The van der Waals surface area contributed by atoms with Crippen molar-refractivity contribution in [3.05, 3.63) is 65.4 Å². The summed E-state index contributed by atoms with van der Waals surface area (Å²) in [5, 5.41) is 2.49. The normalized spacial score (nSPS) is 10.5. The highest BCUT2D eigenvalue weighted by molar-refractivity contribution is 6.30. The first-order valence-corrected chi connectivity index (χ1v) is 6.64. The lowest BCUT2D eigenvalue weighted by Crippen LogP contribution is -2.14. The van der Waals surface area contributed by atoms with Crippen LogP contribution in [0.2, 0.25) is 5.02 Å². The van der Waals surface area contributed by atoms with Crippen LogP contribution >= 0.6 is 11.6 Å². The SMILES string of the molecule is O=C(Nc1ncco1)c1cccc(-c2ccc(Cl)c(F)c2)n1. The first-order valence-electron chi connectivity index (χ1n) is 6.27. The van der Waals surface area contributed by atoms with Gasteiger partial charge >= 0.3 is 6.01 Å². The van der Waals surface area contributed by atoms with E-state index in [0.717, 1.165) is 0 Å². The van der Waals surface area contributed by atoms with E-state index in [9.17, 15) is 9.18 Å². The summed E-state index contributed by atoms with van der Waals surface area (Å²) in [4.78, 5) is 20.0. The zero-order chi connectivity index (χ0) is 15.5. The fourth-order valence-corrected chi connectivity index (χ4v) is 1.94. The number of nitrogens with one attached hydrogen (secondary N) is 1. The summed E-state index contributed by atoms with van der Waals surface area (Å²) < 4.78 is 18.5. The summed E-state index contributed by atoms with van der Waals surface area (Å²) in [5.41, 5.74) is 1.13. The van der Waals surface area contributed by atoms with E-state index in [4.69, 9.17) is 16.0 Å². The van der Waals surface area contributed by atoms with Gasteiger partial charge in [0.05, 0.1) is 16.9 Å². The van der Waals surface area contributed by atoms with Gasteiger partial charge in [-0.25, -0.2) is 14.4 Å². The molecule has 1 aromatic carbocycles. The Bertz CT molecular complexity index is 821.